The normalized spacial score (nSPS) is 12.1. The van der Waals surface area contributed by atoms with Gasteiger partial charge in [0.05, 0.1) is 7.11 Å². The quantitative estimate of drug-likeness (QED) is 0.731. The van der Waals surface area contributed by atoms with Crippen LogP contribution in [0.4, 0.5) is 0 Å². The van der Waals surface area contributed by atoms with Crippen molar-refractivity contribution in [3.05, 3.63) is 71.8 Å². The number of hydrogen-bond acceptors (Lipinski definition) is 3. The molecule has 0 N–H and O–H groups in total. The number of ether oxygens (including phenoxy) is 1. The third-order valence-electron chi connectivity index (χ3n) is 3.76. The highest BCUT2D eigenvalue weighted by Crippen LogP contribution is 2.16. The summed E-state index contributed by atoms with van der Waals surface area (Å²) in [6.45, 7) is 3.47. The van der Waals surface area contributed by atoms with Crippen LogP contribution < -0.4 is 0 Å². The van der Waals surface area contributed by atoms with Crippen LogP contribution in [0.3, 0.4) is 0 Å². The molecule has 0 aromatic heterocycles. The van der Waals surface area contributed by atoms with Crippen molar-refractivity contribution in [2.75, 3.05) is 7.11 Å². The molecule has 0 spiro atoms. The Morgan fingerprint density at radius 1 is 0.955 bits per heavy atom. The smallest absolute Gasteiger partial charge is 0.323 e. The Bertz CT molecular complexity index is 527. The number of carbonyl (C=O) groups is 1. The van der Waals surface area contributed by atoms with E-state index < -0.39 is 0 Å². The predicted molar refractivity (Wildman–Crippen MR) is 88.2 cm³/mol. The van der Waals surface area contributed by atoms with Crippen LogP contribution in [-0.4, -0.2) is 24.0 Å². The summed E-state index contributed by atoms with van der Waals surface area (Å²) in [4.78, 5) is 14.3. The van der Waals surface area contributed by atoms with Gasteiger partial charge in [0.1, 0.15) is 6.04 Å². The molecule has 0 bridgehead atoms. The van der Waals surface area contributed by atoms with Gasteiger partial charge in [-0.15, -0.1) is 0 Å². The Kier molecular flexibility index (Phi) is 6.16. The van der Waals surface area contributed by atoms with Crippen LogP contribution in [0.15, 0.2) is 60.7 Å². The fourth-order valence-electron chi connectivity index (χ4n) is 2.62. The van der Waals surface area contributed by atoms with Crippen molar-refractivity contribution in [1.82, 2.24) is 4.90 Å². The fraction of sp³-hybridized carbons (Fsp3) is 0.316. The highest BCUT2D eigenvalue weighted by Gasteiger charge is 2.25. The molecule has 2 aromatic rings. The van der Waals surface area contributed by atoms with E-state index in [1.165, 1.54) is 18.2 Å². The molecular weight excluding hydrogens is 274 g/mol. The summed E-state index contributed by atoms with van der Waals surface area (Å²) >= 11 is 0. The second-order valence-electron chi connectivity index (χ2n) is 5.32. The molecule has 0 aliphatic heterocycles. The van der Waals surface area contributed by atoms with Crippen molar-refractivity contribution < 1.29 is 9.53 Å². The molecule has 0 heterocycles. The zero-order valence-corrected chi connectivity index (χ0v) is 13.2. The van der Waals surface area contributed by atoms with Gasteiger partial charge in [0.2, 0.25) is 0 Å². The Morgan fingerprint density at radius 2 is 1.41 bits per heavy atom. The number of methoxy groups -OCH3 is 1. The van der Waals surface area contributed by atoms with Gasteiger partial charge in [-0.25, -0.2) is 0 Å². The molecule has 3 nitrogen and oxygen atoms in total. The standard InChI is InChI=1S/C19H23NO2/c1-3-18(19(21)22-2)20(14-16-10-6-4-7-11-16)15-17-12-8-5-9-13-17/h4-13,18H,3,14-15H2,1-2H3/t18-/m1/s1. The molecule has 1 atom stereocenters. The van der Waals surface area contributed by atoms with E-state index >= 15 is 0 Å². The third-order valence-corrected chi connectivity index (χ3v) is 3.76. The first-order valence-electron chi connectivity index (χ1n) is 7.64. The zero-order chi connectivity index (χ0) is 15.8. The molecule has 0 saturated carbocycles. The van der Waals surface area contributed by atoms with Crippen molar-refractivity contribution in [2.45, 2.75) is 32.5 Å². The van der Waals surface area contributed by atoms with Crippen molar-refractivity contribution in [1.29, 1.82) is 0 Å². The molecule has 0 unspecified atom stereocenters. The third kappa shape index (κ3) is 4.43. The number of hydrogen-bond donors (Lipinski definition) is 0. The highest BCUT2D eigenvalue weighted by atomic mass is 16.5. The number of esters is 1. The van der Waals surface area contributed by atoms with Crippen LogP contribution >= 0.6 is 0 Å². The zero-order valence-electron chi connectivity index (χ0n) is 13.2. The SMILES string of the molecule is CC[C@H](C(=O)OC)N(Cc1ccccc1)Cc1ccccc1. The van der Waals surface area contributed by atoms with Crippen LogP contribution in [-0.2, 0) is 22.6 Å². The summed E-state index contributed by atoms with van der Waals surface area (Å²) in [7, 11) is 1.45. The summed E-state index contributed by atoms with van der Waals surface area (Å²) in [6.07, 6.45) is 0.729. The lowest BCUT2D eigenvalue weighted by molar-refractivity contribution is -0.147. The topological polar surface area (TPSA) is 29.5 Å². The monoisotopic (exact) mass is 297 g/mol. The fourth-order valence-corrected chi connectivity index (χ4v) is 2.62. The Morgan fingerprint density at radius 3 is 1.77 bits per heavy atom. The van der Waals surface area contributed by atoms with Crippen LogP contribution in [0.5, 0.6) is 0 Å². The molecule has 0 aliphatic carbocycles. The summed E-state index contributed by atoms with van der Waals surface area (Å²) < 4.78 is 4.98. The maximum atomic E-state index is 12.1. The van der Waals surface area contributed by atoms with E-state index in [0.29, 0.717) is 0 Å². The Balaban J connectivity index is 2.21. The second kappa shape index (κ2) is 8.35. The molecular formula is C19H23NO2. The summed E-state index contributed by atoms with van der Waals surface area (Å²) in [5.74, 6) is -0.172. The molecule has 2 rings (SSSR count). The first-order valence-corrected chi connectivity index (χ1v) is 7.64. The molecule has 0 amide bonds. The molecule has 0 fully saturated rings. The summed E-state index contributed by atoms with van der Waals surface area (Å²) in [5.41, 5.74) is 2.39. The lowest BCUT2D eigenvalue weighted by Crippen LogP contribution is -2.40. The van der Waals surface area contributed by atoms with Crippen molar-refractivity contribution in [2.24, 2.45) is 0 Å². The van der Waals surface area contributed by atoms with E-state index in [9.17, 15) is 4.79 Å². The molecule has 0 aliphatic rings. The van der Waals surface area contributed by atoms with Crippen LogP contribution in [0.1, 0.15) is 24.5 Å². The first-order chi connectivity index (χ1) is 10.7. The van der Waals surface area contributed by atoms with E-state index in [0.717, 1.165) is 19.5 Å². The summed E-state index contributed by atoms with van der Waals surface area (Å²) in [5, 5.41) is 0. The highest BCUT2D eigenvalue weighted by molar-refractivity contribution is 5.75. The van der Waals surface area contributed by atoms with Crippen LogP contribution in [0, 0.1) is 0 Å². The van der Waals surface area contributed by atoms with Gasteiger partial charge in [-0.05, 0) is 17.5 Å². The van der Waals surface area contributed by atoms with Crippen LogP contribution in [0.25, 0.3) is 0 Å². The average molecular weight is 297 g/mol. The predicted octanol–water partition coefficient (Wildman–Crippen LogP) is 3.64. The minimum Gasteiger partial charge on any atom is -0.468 e. The first kappa shape index (κ1) is 16.2. The van der Waals surface area contributed by atoms with Gasteiger partial charge in [-0.3, -0.25) is 9.69 Å². The number of rotatable bonds is 7. The van der Waals surface area contributed by atoms with E-state index in [1.807, 2.05) is 43.3 Å². The minimum atomic E-state index is -0.231. The summed E-state index contributed by atoms with van der Waals surface area (Å²) in [6, 6.07) is 20.2. The minimum absolute atomic E-state index is 0.172. The van der Waals surface area contributed by atoms with Gasteiger partial charge in [0, 0.05) is 13.1 Å². The lowest BCUT2D eigenvalue weighted by atomic mass is 10.1. The maximum Gasteiger partial charge on any atom is 0.323 e. The average Bonchev–Trinajstić information content (AvgIpc) is 2.57. The second-order valence-corrected chi connectivity index (χ2v) is 5.32. The molecule has 0 radical (unpaired) electrons. The molecule has 2 aromatic carbocycles. The van der Waals surface area contributed by atoms with Gasteiger partial charge in [-0.1, -0.05) is 67.6 Å². The van der Waals surface area contributed by atoms with E-state index in [-0.39, 0.29) is 12.0 Å². The maximum absolute atomic E-state index is 12.1. The Labute approximate surface area is 132 Å². The molecule has 3 heteroatoms. The van der Waals surface area contributed by atoms with Crippen molar-refractivity contribution >= 4 is 5.97 Å². The van der Waals surface area contributed by atoms with Gasteiger partial charge >= 0.3 is 5.97 Å². The van der Waals surface area contributed by atoms with Crippen molar-refractivity contribution in [3.63, 3.8) is 0 Å². The molecule has 0 saturated heterocycles. The van der Waals surface area contributed by atoms with Crippen LogP contribution in [0.2, 0.25) is 0 Å². The van der Waals surface area contributed by atoms with Gasteiger partial charge in [0.15, 0.2) is 0 Å². The molecule has 116 valence electrons. The number of nitrogens with zero attached hydrogens (tertiary/aromatic N) is 1. The number of carbonyl (C=O) groups excluding carboxylic acids is 1. The number of benzene rings is 2. The molecule has 22 heavy (non-hydrogen) atoms. The van der Waals surface area contributed by atoms with Gasteiger partial charge < -0.3 is 4.74 Å². The van der Waals surface area contributed by atoms with E-state index in [2.05, 4.69) is 29.2 Å². The Hall–Kier alpha value is -2.13. The lowest BCUT2D eigenvalue weighted by Gasteiger charge is -2.29. The van der Waals surface area contributed by atoms with Crippen molar-refractivity contribution in [3.8, 4) is 0 Å². The van der Waals surface area contributed by atoms with E-state index in [4.69, 9.17) is 4.74 Å². The van der Waals surface area contributed by atoms with Gasteiger partial charge in [-0.2, -0.15) is 0 Å². The van der Waals surface area contributed by atoms with E-state index in [1.54, 1.807) is 0 Å². The largest absolute Gasteiger partial charge is 0.468 e. The van der Waals surface area contributed by atoms with Gasteiger partial charge in [0.25, 0.3) is 0 Å².